The van der Waals surface area contributed by atoms with Gasteiger partial charge in [0.15, 0.2) is 0 Å². The highest BCUT2D eigenvalue weighted by molar-refractivity contribution is 7.80. The first-order valence-corrected chi connectivity index (χ1v) is 4.55. The minimum absolute atomic E-state index is 0.956. The number of rotatable bonds is 5. The van der Waals surface area contributed by atoms with E-state index in [4.69, 9.17) is 0 Å². The van der Waals surface area contributed by atoms with Crippen LogP contribution in [0.2, 0.25) is 0 Å². The molecule has 0 N–H and O–H groups in total. The fourth-order valence-electron chi connectivity index (χ4n) is 0.519. The Morgan fingerprint density at radius 2 is 1.56 bits per heavy atom. The minimum Gasteiger partial charge on any atom is -0.179 e. The maximum absolute atomic E-state index is 4.10. The summed E-state index contributed by atoms with van der Waals surface area (Å²) >= 11 is 8.18. The second kappa shape index (κ2) is 8.44. The molecule has 0 saturated heterocycles. The van der Waals surface area contributed by atoms with Gasteiger partial charge in [-0.25, -0.2) is 0 Å². The van der Waals surface area contributed by atoms with Gasteiger partial charge in [0.05, 0.1) is 0 Å². The Morgan fingerprint density at radius 3 is 2.11 bits per heavy atom. The van der Waals surface area contributed by atoms with Crippen molar-refractivity contribution < 1.29 is 0 Å². The third-order valence-corrected chi connectivity index (χ3v) is 1.57. The number of allylic oxidation sites excluding steroid dienone is 2. The lowest BCUT2D eigenvalue weighted by atomic mass is 10.3. The predicted molar refractivity (Wildman–Crippen MR) is 50.7 cm³/mol. The molecule has 0 aliphatic rings. The van der Waals surface area contributed by atoms with Crippen LogP contribution < -0.4 is 0 Å². The molecular weight excluding hydrogens is 148 g/mol. The Hall–Kier alpha value is 0.440. The summed E-state index contributed by atoms with van der Waals surface area (Å²) in [5.74, 6) is 1.95. The zero-order valence-corrected chi connectivity index (χ0v) is 7.37. The SMILES string of the molecule is SCC/C=C/CCCS. The third-order valence-electron chi connectivity index (χ3n) is 0.991. The van der Waals surface area contributed by atoms with Crippen LogP contribution in [0, 0.1) is 0 Å². The lowest BCUT2D eigenvalue weighted by Gasteiger charge is -1.86. The molecule has 0 aromatic rings. The summed E-state index contributed by atoms with van der Waals surface area (Å²) in [6, 6.07) is 0. The molecule has 0 radical (unpaired) electrons. The molecule has 0 fully saturated rings. The Morgan fingerprint density at radius 1 is 0.889 bits per heavy atom. The topological polar surface area (TPSA) is 0 Å². The van der Waals surface area contributed by atoms with E-state index in [1.165, 1.54) is 6.42 Å². The molecule has 0 atom stereocenters. The molecule has 0 aromatic carbocycles. The van der Waals surface area contributed by atoms with Crippen molar-refractivity contribution in [3.63, 3.8) is 0 Å². The molecule has 0 heterocycles. The summed E-state index contributed by atoms with van der Waals surface area (Å²) in [5, 5.41) is 0. The standard InChI is InChI=1S/C7H14S2/c8-6-4-2-1-3-5-7-9/h1-2,8-9H,3-7H2/b2-1+. The largest absolute Gasteiger partial charge is 0.179 e. The van der Waals surface area contributed by atoms with E-state index in [9.17, 15) is 0 Å². The molecule has 0 aliphatic heterocycles. The van der Waals surface area contributed by atoms with Crippen LogP contribution in [0.5, 0.6) is 0 Å². The van der Waals surface area contributed by atoms with Crippen molar-refractivity contribution in [2.75, 3.05) is 11.5 Å². The van der Waals surface area contributed by atoms with Gasteiger partial charge in [0.1, 0.15) is 0 Å². The summed E-state index contributed by atoms with van der Waals surface area (Å²) in [4.78, 5) is 0. The molecular formula is C7H14S2. The van der Waals surface area contributed by atoms with E-state index < -0.39 is 0 Å². The van der Waals surface area contributed by atoms with Crippen LogP contribution in [0.4, 0.5) is 0 Å². The molecule has 0 aliphatic carbocycles. The zero-order valence-electron chi connectivity index (χ0n) is 5.58. The van der Waals surface area contributed by atoms with Gasteiger partial charge in [-0.05, 0) is 30.8 Å². The van der Waals surface area contributed by atoms with E-state index in [-0.39, 0.29) is 0 Å². The predicted octanol–water partition coefficient (Wildman–Crippen LogP) is 2.57. The molecule has 0 unspecified atom stereocenters. The second-order valence-corrected chi connectivity index (χ2v) is 2.74. The highest BCUT2D eigenvalue weighted by atomic mass is 32.1. The summed E-state index contributed by atoms with van der Waals surface area (Å²) in [7, 11) is 0. The van der Waals surface area contributed by atoms with Crippen molar-refractivity contribution in [1.82, 2.24) is 0 Å². The average molecular weight is 162 g/mol. The van der Waals surface area contributed by atoms with Crippen molar-refractivity contribution in [2.24, 2.45) is 0 Å². The fraction of sp³-hybridized carbons (Fsp3) is 0.714. The maximum atomic E-state index is 4.10. The highest BCUT2D eigenvalue weighted by Crippen LogP contribution is 1.94. The monoisotopic (exact) mass is 162 g/mol. The zero-order chi connectivity index (χ0) is 6.95. The van der Waals surface area contributed by atoms with Crippen LogP contribution >= 0.6 is 25.3 Å². The smallest absolute Gasteiger partial charge is 0.00633 e. The molecule has 0 bridgehead atoms. The van der Waals surface area contributed by atoms with Gasteiger partial charge in [-0.3, -0.25) is 0 Å². The first-order valence-electron chi connectivity index (χ1n) is 3.28. The molecule has 0 aromatic heterocycles. The molecule has 9 heavy (non-hydrogen) atoms. The fourth-order valence-corrected chi connectivity index (χ4v) is 0.851. The van der Waals surface area contributed by atoms with Gasteiger partial charge < -0.3 is 0 Å². The quantitative estimate of drug-likeness (QED) is 0.346. The second-order valence-electron chi connectivity index (χ2n) is 1.85. The molecule has 0 saturated carbocycles. The minimum atomic E-state index is 0.956. The van der Waals surface area contributed by atoms with Crippen molar-refractivity contribution >= 4 is 25.3 Å². The van der Waals surface area contributed by atoms with E-state index in [1.807, 2.05) is 0 Å². The van der Waals surface area contributed by atoms with Gasteiger partial charge in [0, 0.05) is 0 Å². The van der Waals surface area contributed by atoms with E-state index >= 15 is 0 Å². The summed E-state index contributed by atoms with van der Waals surface area (Å²) < 4.78 is 0. The molecule has 0 nitrogen and oxygen atoms in total. The number of unbranched alkanes of at least 4 members (excludes halogenated alkanes) is 1. The number of hydrogen-bond donors (Lipinski definition) is 2. The van der Waals surface area contributed by atoms with Crippen molar-refractivity contribution in [3.8, 4) is 0 Å². The molecule has 0 amide bonds. The Balaban J connectivity index is 2.86. The van der Waals surface area contributed by atoms with Gasteiger partial charge in [0.2, 0.25) is 0 Å². The molecule has 2 heteroatoms. The summed E-state index contributed by atoms with van der Waals surface area (Å²) in [6.45, 7) is 0. The van der Waals surface area contributed by atoms with Crippen LogP contribution in [0.15, 0.2) is 12.2 Å². The normalized spacial score (nSPS) is 10.9. The van der Waals surface area contributed by atoms with Crippen molar-refractivity contribution in [2.45, 2.75) is 19.3 Å². The first-order chi connectivity index (χ1) is 4.41. The Bertz CT molecular complexity index is 69.3. The van der Waals surface area contributed by atoms with Gasteiger partial charge >= 0.3 is 0 Å². The van der Waals surface area contributed by atoms with Gasteiger partial charge in [-0.2, -0.15) is 25.3 Å². The van der Waals surface area contributed by atoms with Gasteiger partial charge in [0.25, 0.3) is 0 Å². The first kappa shape index (κ1) is 9.44. The number of hydrogen-bond acceptors (Lipinski definition) is 2. The van der Waals surface area contributed by atoms with Crippen LogP contribution in [0.3, 0.4) is 0 Å². The van der Waals surface area contributed by atoms with Crippen molar-refractivity contribution in [1.29, 1.82) is 0 Å². The van der Waals surface area contributed by atoms with E-state index in [0.29, 0.717) is 0 Å². The third kappa shape index (κ3) is 8.44. The van der Waals surface area contributed by atoms with Crippen LogP contribution in [-0.2, 0) is 0 Å². The van der Waals surface area contributed by atoms with Gasteiger partial charge in [-0.15, -0.1) is 0 Å². The summed E-state index contributed by atoms with van der Waals surface area (Å²) in [5.41, 5.74) is 0. The van der Waals surface area contributed by atoms with Crippen LogP contribution in [0.25, 0.3) is 0 Å². The molecule has 0 spiro atoms. The number of thiol groups is 2. The van der Waals surface area contributed by atoms with Gasteiger partial charge in [-0.1, -0.05) is 12.2 Å². The average Bonchev–Trinajstić information content (AvgIpc) is 1.89. The van der Waals surface area contributed by atoms with E-state index in [0.717, 1.165) is 24.3 Å². The lowest BCUT2D eigenvalue weighted by molar-refractivity contribution is 0.968. The maximum Gasteiger partial charge on any atom is -0.00633 e. The molecule has 54 valence electrons. The van der Waals surface area contributed by atoms with E-state index in [1.54, 1.807) is 0 Å². The van der Waals surface area contributed by atoms with Crippen molar-refractivity contribution in [3.05, 3.63) is 12.2 Å². The summed E-state index contributed by atoms with van der Waals surface area (Å²) in [6.07, 6.45) is 7.82. The van der Waals surface area contributed by atoms with Crippen LogP contribution in [-0.4, -0.2) is 11.5 Å². The Labute approximate surface area is 68.5 Å². The molecule has 0 rings (SSSR count). The lowest BCUT2D eigenvalue weighted by Crippen LogP contribution is -1.71. The Kier molecular flexibility index (Phi) is 8.85. The highest BCUT2D eigenvalue weighted by Gasteiger charge is 1.77. The van der Waals surface area contributed by atoms with Crippen LogP contribution in [0.1, 0.15) is 19.3 Å². The van der Waals surface area contributed by atoms with E-state index in [2.05, 4.69) is 37.4 Å².